The second kappa shape index (κ2) is 6.93. The first-order valence-electron chi connectivity index (χ1n) is 8.66. The normalized spacial score (nSPS) is 11.4. The highest BCUT2D eigenvalue weighted by Gasteiger charge is 2.18. The molecule has 0 N–H and O–H groups in total. The van der Waals surface area contributed by atoms with Crippen LogP contribution in [0.15, 0.2) is 59.4 Å². The maximum atomic E-state index is 14.0. The maximum Gasteiger partial charge on any atom is 0.169 e. The van der Waals surface area contributed by atoms with Crippen LogP contribution in [0.2, 0.25) is 0 Å². The summed E-state index contributed by atoms with van der Waals surface area (Å²) < 4.78 is 35.5. The Kier molecular flexibility index (Phi) is 4.24. The lowest BCUT2D eigenvalue weighted by molar-refractivity contribution is 0.378. The van der Waals surface area contributed by atoms with Crippen LogP contribution in [0.5, 0.6) is 0 Å². The number of pyridine rings is 1. The van der Waals surface area contributed by atoms with Gasteiger partial charge in [-0.2, -0.15) is 11.3 Å². The molecular formula is C20H11BF2N4OS. The van der Waals surface area contributed by atoms with Gasteiger partial charge in [-0.25, -0.2) is 18.7 Å². The summed E-state index contributed by atoms with van der Waals surface area (Å²) in [5, 5.41) is 4.08. The van der Waals surface area contributed by atoms with Crippen molar-refractivity contribution in [3.8, 4) is 33.3 Å². The summed E-state index contributed by atoms with van der Waals surface area (Å²) in [5.74, 6) is -1.08. The quantitative estimate of drug-likeness (QED) is 0.427. The van der Waals surface area contributed by atoms with Gasteiger partial charge in [-0.3, -0.25) is 0 Å². The Hall–Kier alpha value is -3.33. The number of fused-ring (bicyclic) bond motifs is 1. The molecule has 0 fully saturated rings. The molecule has 2 radical (unpaired) electrons. The Balaban J connectivity index is 1.43. The van der Waals surface area contributed by atoms with Gasteiger partial charge in [0.1, 0.15) is 19.2 Å². The van der Waals surface area contributed by atoms with Crippen LogP contribution in [0.3, 0.4) is 0 Å². The van der Waals surface area contributed by atoms with E-state index in [0.717, 1.165) is 16.6 Å². The third kappa shape index (κ3) is 3.34. The summed E-state index contributed by atoms with van der Waals surface area (Å²) in [6.07, 6.45) is 3.59. The molecule has 140 valence electrons. The number of rotatable bonds is 4. The average molecular weight is 404 g/mol. The first kappa shape index (κ1) is 17.8. The van der Waals surface area contributed by atoms with Gasteiger partial charge in [0.05, 0.1) is 22.7 Å². The van der Waals surface area contributed by atoms with Crippen molar-refractivity contribution in [2.24, 2.45) is 0 Å². The lowest BCUT2D eigenvalue weighted by Crippen LogP contribution is -1.99. The summed E-state index contributed by atoms with van der Waals surface area (Å²) in [7, 11) is 5.76. The van der Waals surface area contributed by atoms with E-state index in [0.29, 0.717) is 28.5 Å². The summed E-state index contributed by atoms with van der Waals surface area (Å²) in [6.45, 7) is 0.431. The van der Waals surface area contributed by atoms with Crippen LogP contribution in [0.25, 0.3) is 33.3 Å². The molecule has 2 aromatic heterocycles. The molecule has 0 saturated carbocycles. The first-order chi connectivity index (χ1) is 14.1. The fourth-order valence-electron chi connectivity index (χ4n) is 3.02. The van der Waals surface area contributed by atoms with Crippen molar-refractivity contribution in [2.45, 2.75) is 6.54 Å². The minimum atomic E-state index is -0.959. The monoisotopic (exact) mass is 404 g/mol. The van der Waals surface area contributed by atoms with Crippen molar-refractivity contribution in [3.63, 3.8) is 0 Å². The number of thiophene rings is 1. The number of benzene rings is 1. The van der Waals surface area contributed by atoms with Crippen molar-refractivity contribution < 1.29 is 13.3 Å². The molecular weight excluding hydrogens is 393 g/mol. The van der Waals surface area contributed by atoms with Crippen LogP contribution in [0.4, 0.5) is 8.78 Å². The highest BCUT2D eigenvalue weighted by molar-refractivity contribution is 7.23. The molecule has 0 amide bonds. The molecule has 2 aliphatic heterocycles. The summed E-state index contributed by atoms with van der Waals surface area (Å²) in [4.78, 5) is 9.58. The van der Waals surface area contributed by atoms with Crippen LogP contribution in [-0.4, -0.2) is 27.5 Å². The standard InChI is InChI=1S/C20H11BF2N4OS/c21-18-5-4-17(29-18)15-8-11(28-26-15)9-27-7-6-14-16(10-27)25-20(24-14)12-2-1-3-13(22)19(12)23/h1-8,10H,9H2. The van der Waals surface area contributed by atoms with Gasteiger partial charge >= 0.3 is 0 Å². The average Bonchev–Trinajstić information content (AvgIpc) is 3.43. The molecule has 5 nitrogen and oxygen atoms in total. The molecule has 29 heavy (non-hydrogen) atoms. The van der Waals surface area contributed by atoms with E-state index in [1.807, 2.05) is 29.0 Å². The number of hydrogen-bond acceptors (Lipinski definition) is 5. The fraction of sp³-hybridized carbons (Fsp3) is 0.0500. The van der Waals surface area contributed by atoms with Gasteiger partial charge < -0.3 is 9.09 Å². The number of halogens is 2. The third-order valence-corrected chi connectivity index (χ3v) is 5.33. The highest BCUT2D eigenvalue weighted by atomic mass is 32.1. The van der Waals surface area contributed by atoms with Crippen LogP contribution in [0.1, 0.15) is 5.76 Å². The lowest BCUT2D eigenvalue weighted by Gasteiger charge is -2.04. The van der Waals surface area contributed by atoms with Crippen LogP contribution in [-0.2, 0) is 6.54 Å². The molecule has 0 saturated heterocycles. The number of imidazole rings is 1. The largest absolute Gasteiger partial charge is 0.359 e. The van der Waals surface area contributed by atoms with Gasteiger partial charge in [0.25, 0.3) is 0 Å². The van der Waals surface area contributed by atoms with E-state index < -0.39 is 11.6 Å². The SMILES string of the molecule is [B]c1ccc(-c2cc(Cn3ccc4nc(-c5cccc(F)c5F)nc-4c3)on2)s1. The van der Waals surface area contributed by atoms with Crippen LogP contribution in [0, 0.1) is 11.6 Å². The van der Waals surface area contributed by atoms with Gasteiger partial charge in [-0.1, -0.05) is 17.3 Å². The second-order valence-electron chi connectivity index (χ2n) is 6.42. The van der Waals surface area contributed by atoms with E-state index >= 15 is 0 Å². The molecule has 9 heteroatoms. The zero-order valence-electron chi connectivity index (χ0n) is 14.8. The van der Waals surface area contributed by atoms with Crippen molar-refractivity contribution in [1.82, 2.24) is 19.7 Å². The lowest BCUT2D eigenvalue weighted by atomic mass is 10.1. The first-order valence-corrected chi connectivity index (χ1v) is 9.48. The van der Waals surface area contributed by atoms with Crippen molar-refractivity contribution in [3.05, 3.63) is 72.3 Å². The Bertz CT molecular complexity index is 1300. The van der Waals surface area contributed by atoms with Crippen molar-refractivity contribution in [1.29, 1.82) is 0 Å². The molecule has 5 rings (SSSR count). The zero-order chi connectivity index (χ0) is 20.0. The van der Waals surface area contributed by atoms with E-state index in [9.17, 15) is 8.78 Å². The van der Waals surface area contributed by atoms with E-state index in [1.165, 1.54) is 23.5 Å². The van der Waals surface area contributed by atoms with E-state index in [4.69, 9.17) is 12.4 Å². The zero-order valence-corrected chi connectivity index (χ0v) is 15.7. The molecule has 0 bridgehead atoms. The fourth-order valence-corrected chi connectivity index (χ4v) is 3.75. The van der Waals surface area contributed by atoms with Gasteiger partial charge in [0.15, 0.2) is 23.2 Å². The Morgan fingerprint density at radius 3 is 2.72 bits per heavy atom. The molecule has 4 heterocycles. The molecule has 0 spiro atoms. The van der Waals surface area contributed by atoms with Gasteiger partial charge in [-0.05, 0) is 29.0 Å². The minimum Gasteiger partial charge on any atom is -0.359 e. The molecule has 0 atom stereocenters. The minimum absolute atomic E-state index is 0.0304. The van der Waals surface area contributed by atoms with Gasteiger partial charge in [0, 0.05) is 18.5 Å². The summed E-state index contributed by atoms with van der Waals surface area (Å²) >= 11 is 1.44. The Morgan fingerprint density at radius 1 is 1.03 bits per heavy atom. The predicted molar refractivity (Wildman–Crippen MR) is 106 cm³/mol. The van der Waals surface area contributed by atoms with Gasteiger partial charge in [0.2, 0.25) is 0 Å². The second-order valence-corrected chi connectivity index (χ2v) is 7.53. The maximum absolute atomic E-state index is 14.0. The van der Waals surface area contributed by atoms with E-state index in [2.05, 4.69) is 15.1 Å². The molecule has 0 aliphatic carbocycles. The van der Waals surface area contributed by atoms with Gasteiger partial charge in [-0.15, -0.1) is 0 Å². The van der Waals surface area contributed by atoms with E-state index in [-0.39, 0.29) is 11.4 Å². The third-order valence-electron chi connectivity index (χ3n) is 4.40. The number of hydrogen-bond donors (Lipinski definition) is 0. The molecule has 0 unspecified atom stereocenters. The van der Waals surface area contributed by atoms with Crippen molar-refractivity contribution in [2.75, 3.05) is 0 Å². The smallest absolute Gasteiger partial charge is 0.169 e. The predicted octanol–water partition coefficient (Wildman–Crippen LogP) is 3.89. The summed E-state index contributed by atoms with van der Waals surface area (Å²) in [5.41, 5.74) is 1.91. The summed E-state index contributed by atoms with van der Waals surface area (Å²) in [6, 6.07) is 11.3. The number of nitrogens with zero attached hydrogens (tertiary/aromatic N) is 4. The topological polar surface area (TPSA) is 56.7 Å². The van der Waals surface area contributed by atoms with Crippen molar-refractivity contribution >= 4 is 24.0 Å². The number of aromatic nitrogens is 4. The Morgan fingerprint density at radius 2 is 1.90 bits per heavy atom. The molecule has 3 aromatic rings. The highest BCUT2D eigenvalue weighted by Crippen LogP contribution is 2.28. The Labute approximate surface area is 169 Å². The molecule has 2 aliphatic rings. The van der Waals surface area contributed by atoms with Crippen LogP contribution < -0.4 is 4.78 Å². The van der Waals surface area contributed by atoms with E-state index in [1.54, 1.807) is 12.3 Å². The molecule has 1 aromatic carbocycles. The van der Waals surface area contributed by atoms with Crippen LogP contribution >= 0.6 is 11.3 Å².